The predicted octanol–water partition coefficient (Wildman–Crippen LogP) is 2.86. The fourth-order valence-electron chi connectivity index (χ4n) is 2.46. The van der Waals surface area contributed by atoms with Gasteiger partial charge in [-0.3, -0.25) is 0 Å². The number of piperidine rings is 1. The van der Waals surface area contributed by atoms with Crippen LogP contribution < -0.4 is 5.32 Å². The van der Waals surface area contributed by atoms with Crippen LogP contribution >= 0.6 is 15.9 Å². The van der Waals surface area contributed by atoms with Crippen LogP contribution in [0.5, 0.6) is 0 Å². The number of hydrogen-bond acceptors (Lipinski definition) is 5. The van der Waals surface area contributed by atoms with E-state index in [2.05, 4.69) is 62.9 Å². The highest BCUT2D eigenvalue weighted by molar-refractivity contribution is 9.10. The summed E-state index contributed by atoms with van der Waals surface area (Å²) in [7, 11) is 1.12. The third-order valence-corrected chi connectivity index (χ3v) is 6.09. The molecule has 1 saturated heterocycles. The van der Waals surface area contributed by atoms with Crippen LogP contribution in [0.25, 0.3) is 0 Å². The van der Waals surface area contributed by atoms with Crippen molar-refractivity contribution in [3.63, 3.8) is 0 Å². The number of nitrogens with one attached hydrogen (secondary N) is 1. The van der Waals surface area contributed by atoms with Gasteiger partial charge in [-0.1, -0.05) is 19.6 Å². The van der Waals surface area contributed by atoms with Crippen molar-refractivity contribution >= 4 is 30.0 Å². The molecule has 0 bridgehead atoms. The van der Waals surface area contributed by atoms with Gasteiger partial charge in [0.05, 0.1) is 0 Å². The smallest absolute Gasteiger partial charge is 0.243 e. The predicted molar refractivity (Wildman–Crippen MR) is 96.0 cm³/mol. The fraction of sp³-hybridized carbons (Fsp3) is 0.857. The molecule has 22 heavy (non-hydrogen) atoms. The molecule has 1 aromatic heterocycles. The maximum atomic E-state index is 5.73. The zero-order valence-corrected chi connectivity index (χ0v) is 16.7. The molecule has 0 aliphatic carbocycles. The van der Waals surface area contributed by atoms with E-state index in [4.69, 9.17) is 4.74 Å². The average molecular weight is 390 g/mol. The molecule has 1 aliphatic rings. The van der Waals surface area contributed by atoms with Crippen molar-refractivity contribution in [3.8, 4) is 0 Å². The molecule has 2 rings (SSSR count). The summed E-state index contributed by atoms with van der Waals surface area (Å²) in [6, 6.07) is 1.59. The maximum Gasteiger partial charge on any atom is 0.243 e. The Kier molecular flexibility index (Phi) is 6.43. The van der Waals surface area contributed by atoms with Crippen LogP contribution in [-0.4, -0.2) is 60.5 Å². The molecule has 1 fully saturated rings. The molecule has 1 atom stereocenters. The maximum absolute atomic E-state index is 5.73. The third kappa shape index (κ3) is 5.98. The average Bonchev–Trinajstić information content (AvgIpc) is 2.74. The molecule has 0 radical (unpaired) electrons. The van der Waals surface area contributed by atoms with Gasteiger partial charge >= 0.3 is 0 Å². The van der Waals surface area contributed by atoms with Crippen LogP contribution in [0.1, 0.15) is 12.8 Å². The van der Waals surface area contributed by atoms with Gasteiger partial charge in [0.1, 0.15) is 6.73 Å². The Morgan fingerprint density at radius 2 is 2.18 bits per heavy atom. The van der Waals surface area contributed by atoms with Crippen molar-refractivity contribution in [1.29, 1.82) is 0 Å². The molecule has 1 unspecified atom stereocenters. The highest BCUT2D eigenvalue weighted by Crippen LogP contribution is 2.16. The summed E-state index contributed by atoms with van der Waals surface area (Å²) in [5.74, 6) is 0.681. The van der Waals surface area contributed by atoms with Crippen molar-refractivity contribution in [1.82, 2.24) is 19.7 Å². The van der Waals surface area contributed by atoms with Gasteiger partial charge in [0.15, 0.2) is 4.73 Å². The van der Waals surface area contributed by atoms with Crippen LogP contribution in [0, 0.1) is 0 Å². The Balaban J connectivity index is 1.80. The number of anilines is 1. The second-order valence-corrected chi connectivity index (χ2v) is 13.6. The van der Waals surface area contributed by atoms with E-state index in [1.54, 1.807) is 4.68 Å². The van der Waals surface area contributed by atoms with Crippen molar-refractivity contribution in [2.24, 2.45) is 0 Å². The molecule has 8 heteroatoms. The Bertz CT molecular complexity index is 476. The first-order chi connectivity index (χ1) is 10.3. The summed E-state index contributed by atoms with van der Waals surface area (Å²) in [6.07, 6.45) is 2.39. The number of ether oxygens (including phenoxy) is 1. The van der Waals surface area contributed by atoms with Gasteiger partial charge in [0.2, 0.25) is 5.95 Å². The Labute approximate surface area is 142 Å². The second-order valence-electron chi connectivity index (χ2n) is 7.30. The van der Waals surface area contributed by atoms with Crippen LogP contribution in [0.3, 0.4) is 0 Å². The number of aromatic nitrogens is 3. The van der Waals surface area contributed by atoms with E-state index < -0.39 is 8.07 Å². The molecular formula is C14H28BrN5OSi. The van der Waals surface area contributed by atoms with Crippen LogP contribution in [-0.2, 0) is 11.5 Å². The van der Waals surface area contributed by atoms with Crippen molar-refractivity contribution < 1.29 is 4.74 Å². The summed E-state index contributed by atoms with van der Waals surface area (Å²) in [4.78, 5) is 6.76. The molecule has 1 aromatic rings. The lowest BCUT2D eigenvalue weighted by atomic mass is 10.1. The summed E-state index contributed by atoms with van der Waals surface area (Å²) in [5.41, 5.74) is 0. The molecule has 1 N–H and O–H groups in total. The van der Waals surface area contributed by atoms with Gasteiger partial charge in [0, 0.05) is 27.3 Å². The Morgan fingerprint density at radius 1 is 1.41 bits per heavy atom. The number of likely N-dealkylation sites (tertiary alicyclic amines) is 1. The zero-order chi connectivity index (χ0) is 16.2. The highest BCUT2D eigenvalue weighted by Gasteiger charge is 2.19. The minimum atomic E-state index is -1.04. The van der Waals surface area contributed by atoms with Crippen LogP contribution in [0.2, 0.25) is 25.7 Å². The first kappa shape index (κ1) is 17.9. The lowest BCUT2D eigenvalue weighted by molar-refractivity contribution is 0.0767. The molecular weight excluding hydrogens is 362 g/mol. The molecule has 0 spiro atoms. The van der Waals surface area contributed by atoms with Crippen LogP contribution in [0.4, 0.5) is 5.95 Å². The van der Waals surface area contributed by atoms with E-state index in [1.807, 2.05) is 0 Å². The van der Waals surface area contributed by atoms with E-state index in [1.165, 1.54) is 25.4 Å². The minimum Gasteiger partial charge on any atom is -0.359 e. The number of nitrogens with zero attached hydrogens (tertiary/aromatic N) is 4. The number of rotatable bonds is 7. The molecule has 0 amide bonds. The monoisotopic (exact) mass is 389 g/mol. The van der Waals surface area contributed by atoms with Crippen molar-refractivity contribution in [3.05, 3.63) is 4.73 Å². The molecule has 126 valence electrons. The number of halogens is 1. The fourth-order valence-corrected chi connectivity index (χ4v) is 3.57. The summed E-state index contributed by atoms with van der Waals surface area (Å²) in [5, 5.41) is 7.90. The Morgan fingerprint density at radius 3 is 2.86 bits per heavy atom. The van der Waals surface area contributed by atoms with Crippen molar-refractivity contribution in [2.45, 2.75) is 51.3 Å². The van der Waals surface area contributed by atoms with E-state index in [0.717, 1.165) is 13.2 Å². The van der Waals surface area contributed by atoms with E-state index in [9.17, 15) is 0 Å². The standard InChI is InChI=1S/C14H28BrN5OSi/c1-19-7-5-6-12(10-19)16-14-17-13(15)20(18-14)11-21-8-9-22(2,3)4/h12H,5-11H2,1-4H3,(H,16,18). The van der Waals surface area contributed by atoms with E-state index in [0.29, 0.717) is 23.5 Å². The van der Waals surface area contributed by atoms with Gasteiger partial charge in [-0.15, -0.1) is 5.10 Å². The van der Waals surface area contributed by atoms with Gasteiger partial charge in [-0.25, -0.2) is 4.68 Å². The van der Waals surface area contributed by atoms with Crippen molar-refractivity contribution in [2.75, 3.05) is 32.1 Å². The van der Waals surface area contributed by atoms with Gasteiger partial charge in [-0.2, -0.15) is 4.98 Å². The number of likely N-dealkylation sites (N-methyl/N-ethyl adjacent to an activating group) is 1. The summed E-state index contributed by atoms with van der Waals surface area (Å²) >= 11 is 3.45. The Hall–Kier alpha value is -0.443. The summed E-state index contributed by atoms with van der Waals surface area (Å²) in [6.45, 7) is 10.5. The lowest BCUT2D eigenvalue weighted by Crippen LogP contribution is -2.40. The molecule has 0 saturated carbocycles. The quantitative estimate of drug-likeness (QED) is 0.573. The molecule has 1 aliphatic heterocycles. The molecule has 2 heterocycles. The minimum absolute atomic E-state index is 0.425. The van der Waals surface area contributed by atoms with Gasteiger partial charge < -0.3 is 15.0 Å². The highest BCUT2D eigenvalue weighted by atomic mass is 79.9. The first-order valence-electron chi connectivity index (χ1n) is 7.97. The normalized spacial score (nSPS) is 20.3. The zero-order valence-electron chi connectivity index (χ0n) is 14.1. The van der Waals surface area contributed by atoms with E-state index >= 15 is 0 Å². The summed E-state index contributed by atoms with van der Waals surface area (Å²) < 4.78 is 8.20. The van der Waals surface area contributed by atoms with Gasteiger partial charge in [0.25, 0.3) is 0 Å². The molecule has 0 aromatic carbocycles. The SMILES string of the molecule is CN1CCCC(Nc2nc(Br)n(COCC[Si](C)(C)C)n2)C1. The largest absolute Gasteiger partial charge is 0.359 e. The van der Waals surface area contributed by atoms with Crippen LogP contribution in [0.15, 0.2) is 4.73 Å². The van der Waals surface area contributed by atoms with E-state index in [-0.39, 0.29) is 0 Å². The topological polar surface area (TPSA) is 55.2 Å². The second kappa shape index (κ2) is 7.90. The first-order valence-corrected chi connectivity index (χ1v) is 12.5. The third-order valence-electron chi connectivity index (χ3n) is 3.79. The molecule has 6 nitrogen and oxygen atoms in total. The van der Waals surface area contributed by atoms with Gasteiger partial charge in [-0.05, 0) is 48.4 Å². The number of hydrogen-bond donors (Lipinski definition) is 1. The lowest BCUT2D eigenvalue weighted by Gasteiger charge is -2.29.